The lowest BCUT2D eigenvalue weighted by atomic mass is 10.0. The Morgan fingerprint density at radius 3 is 2.58 bits per heavy atom. The van der Waals surface area contributed by atoms with Gasteiger partial charge >= 0.3 is 0 Å². The highest BCUT2D eigenvalue weighted by Gasteiger charge is 2.26. The van der Waals surface area contributed by atoms with Crippen molar-refractivity contribution in [1.82, 2.24) is 10.2 Å². The highest BCUT2D eigenvalue weighted by atomic mass is 35.5. The van der Waals surface area contributed by atoms with Gasteiger partial charge in [-0.15, -0.1) is 0 Å². The Labute approximate surface area is 156 Å². The van der Waals surface area contributed by atoms with E-state index in [0.717, 1.165) is 24.2 Å². The monoisotopic (exact) mass is 370 g/mol. The number of fused-ring (bicyclic) bond motifs is 1. The summed E-state index contributed by atoms with van der Waals surface area (Å²) in [6.45, 7) is 1.82. The van der Waals surface area contributed by atoms with Crippen molar-refractivity contribution in [2.75, 3.05) is 13.1 Å². The van der Waals surface area contributed by atoms with Crippen molar-refractivity contribution in [2.24, 2.45) is 0 Å². The molecule has 6 heteroatoms. The Kier molecular flexibility index (Phi) is 4.55. The van der Waals surface area contributed by atoms with Crippen molar-refractivity contribution in [3.63, 3.8) is 0 Å². The lowest BCUT2D eigenvalue weighted by Gasteiger charge is -2.32. The van der Waals surface area contributed by atoms with Crippen LogP contribution in [0.1, 0.15) is 39.1 Å². The minimum Gasteiger partial charge on any atom is -0.490 e. The van der Waals surface area contributed by atoms with E-state index in [1.807, 2.05) is 23.1 Å². The molecule has 2 amide bonds. The van der Waals surface area contributed by atoms with Crippen LogP contribution >= 0.6 is 11.6 Å². The fourth-order valence-electron chi connectivity index (χ4n) is 3.41. The largest absolute Gasteiger partial charge is 0.490 e. The number of rotatable bonds is 3. The second-order valence-electron chi connectivity index (χ2n) is 6.62. The fraction of sp³-hybridized carbons (Fsp3) is 0.300. The highest BCUT2D eigenvalue weighted by Crippen LogP contribution is 2.23. The molecule has 0 aliphatic carbocycles. The number of likely N-dealkylation sites (tertiary alicyclic amines) is 1. The van der Waals surface area contributed by atoms with Gasteiger partial charge in [-0.05, 0) is 42.0 Å². The zero-order chi connectivity index (χ0) is 18.1. The summed E-state index contributed by atoms with van der Waals surface area (Å²) in [4.78, 5) is 26.4. The summed E-state index contributed by atoms with van der Waals surface area (Å²) in [5, 5.41) is 3.46. The minimum atomic E-state index is -0.107. The Morgan fingerprint density at radius 1 is 1.12 bits per heavy atom. The highest BCUT2D eigenvalue weighted by molar-refractivity contribution is 6.30. The van der Waals surface area contributed by atoms with Crippen LogP contribution in [0.2, 0.25) is 5.02 Å². The summed E-state index contributed by atoms with van der Waals surface area (Å²) >= 11 is 5.89. The average molecular weight is 371 g/mol. The quantitative estimate of drug-likeness (QED) is 0.902. The van der Waals surface area contributed by atoms with E-state index in [1.54, 1.807) is 24.3 Å². The molecular formula is C20H19ClN2O3. The van der Waals surface area contributed by atoms with E-state index >= 15 is 0 Å². The molecule has 0 unspecified atom stereocenters. The zero-order valence-electron chi connectivity index (χ0n) is 14.2. The smallest absolute Gasteiger partial charge is 0.253 e. The number of ether oxygens (including phenoxy) is 1. The number of hydrogen-bond donors (Lipinski definition) is 1. The lowest BCUT2D eigenvalue weighted by molar-refractivity contribution is 0.0595. The summed E-state index contributed by atoms with van der Waals surface area (Å²) in [6.07, 6.45) is 1.64. The molecule has 5 nitrogen and oxygen atoms in total. The first-order valence-corrected chi connectivity index (χ1v) is 9.10. The van der Waals surface area contributed by atoms with Crippen molar-refractivity contribution in [1.29, 1.82) is 0 Å². The first kappa shape index (κ1) is 16.9. The third-order valence-corrected chi connectivity index (χ3v) is 5.14. The lowest BCUT2D eigenvalue weighted by Crippen LogP contribution is -2.41. The third kappa shape index (κ3) is 3.40. The minimum absolute atomic E-state index is 0.0301. The molecule has 0 aromatic heterocycles. The Balaban J connectivity index is 1.37. The van der Waals surface area contributed by atoms with E-state index in [4.69, 9.17) is 16.3 Å². The van der Waals surface area contributed by atoms with Crippen LogP contribution in [-0.2, 0) is 6.54 Å². The number of benzene rings is 2. The van der Waals surface area contributed by atoms with E-state index in [2.05, 4.69) is 5.32 Å². The summed E-state index contributed by atoms with van der Waals surface area (Å²) in [5.41, 5.74) is 2.12. The van der Waals surface area contributed by atoms with Gasteiger partial charge in [-0.2, -0.15) is 0 Å². The van der Waals surface area contributed by atoms with Crippen molar-refractivity contribution in [2.45, 2.75) is 25.5 Å². The van der Waals surface area contributed by atoms with Crippen LogP contribution in [0.15, 0.2) is 42.5 Å². The molecule has 0 saturated carbocycles. The fourth-order valence-corrected chi connectivity index (χ4v) is 3.54. The number of carbonyl (C=O) groups excluding carboxylic acids is 2. The van der Waals surface area contributed by atoms with E-state index in [0.29, 0.717) is 35.8 Å². The molecule has 0 spiro atoms. The third-order valence-electron chi connectivity index (χ3n) is 4.89. The Bertz CT molecular complexity index is 843. The van der Waals surface area contributed by atoms with Gasteiger partial charge < -0.3 is 15.0 Å². The van der Waals surface area contributed by atoms with Crippen LogP contribution in [0.25, 0.3) is 0 Å². The molecule has 2 aliphatic rings. The molecule has 2 aromatic carbocycles. The van der Waals surface area contributed by atoms with Gasteiger partial charge in [-0.1, -0.05) is 17.7 Å². The van der Waals surface area contributed by atoms with E-state index in [1.165, 1.54) is 0 Å². The second kappa shape index (κ2) is 7.00. The maximum atomic E-state index is 12.7. The summed E-state index contributed by atoms with van der Waals surface area (Å²) in [6, 6.07) is 12.7. The van der Waals surface area contributed by atoms with Crippen LogP contribution in [0.5, 0.6) is 5.75 Å². The first-order valence-electron chi connectivity index (χ1n) is 8.73. The van der Waals surface area contributed by atoms with Gasteiger partial charge in [-0.25, -0.2) is 0 Å². The van der Waals surface area contributed by atoms with Gasteiger partial charge in [0.25, 0.3) is 11.8 Å². The normalized spacial score (nSPS) is 17.0. The summed E-state index contributed by atoms with van der Waals surface area (Å²) in [7, 11) is 0. The molecule has 134 valence electrons. The van der Waals surface area contributed by atoms with E-state index < -0.39 is 0 Å². The standard InChI is InChI=1S/C20H19ClN2O3/c21-15-3-5-16(6-4-15)26-17-7-9-23(10-8-17)20(25)13-1-2-14-12-22-19(24)18(14)11-13/h1-6,11,17H,7-10,12H2,(H,22,24). The van der Waals surface area contributed by atoms with Crippen LogP contribution in [0.3, 0.4) is 0 Å². The van der Waals surface area contributed by atoms with E-state index in [-0.39, 0.29) is 17.9 Å². The first-order chi connectivity index (χ1) is 12.6. The molecule has 2 heterocycles. The molecule has 26 heavy (non-hydrogen) atoms. The van der Waals surface area contributed by atoms with Crippen molar-refractivity contribution >= 4 is 23.4 Å². The Hall–Kier alpha value is -2.53. The van der Waals surface area contributed by atoms with Crippen molar-refractivity contribution < 1.29 is 14.3 Å². The van der Waals surface area contributed by atoms with Crippen LogP contribution in [-0.4, -0.2) is 35.9 Å². The molecular weight excluding hydrogens is 352 g/mol. The molecule has 1 fully saturated rings. The number of nitrogens with zero attached hydrogens (tertiary/aromatic N) is 1. The molecule has 0 atom stereocenters. The number of nitrogens with one attached hydrogen (secondary N) is 1. The van der Waals surface area contributed by atoms with Gasteiger partial charge in [0, 0.05) is 48.6 Å². The maximum Gasteiger partial charge on any atom is 0.253 e. The summed E-state index contributed by atoms with van der Waals surface area (Å²) < 4.78 is 5.97. The molecule has 2 aromatic rings. The molecule has 1 N–H and O–H groups in total. The number of amides is 2. The SMILES string of the molecule is O=C1NCc2ccc(C(=O)N3CCC(Oc4ccc(Cl)cc4)CC3)cc21. The van der Waals surface area contributed by atoms with Gasteiger partial charge in [0.2, 0.25) is 0 Å². The number of piperidine rings is 1. The predicted molar refractivity (Wildman–Crippen MR) is 98.6 cm³/mol. The van der Waals surface area contributed by atoms with Gasteiger partial charge in [0.15, 0.2) is 0 Å². The van der Waals surface area contributed by atoms with Gasteiger partial charge in [0.05, 0.1) is 0 Å². The molecule has 4 rings (SSSR count). The molecule has 0 bridgehead atoms. The van der Waals surface area contributed by atoms with Crippen LogP contribution in [0, 0.1) is 0 Å². The predicted octanol–water partition coefficient (Wildman–Crippen LogP) is 3.27. The van der Waals surface area contributed by atoms with Crippen LogP contribution in [0.4, 0.5) is 0 Å². The molecule has 2 aliphatic heterocycles. The number of carbonyl (C=O) groups is 2. The maximum absolute atomic E-state index is 12.7. The number of hydrogen-bond acceptors (Lipinski definition) is 3. The average Bonchev–Trinajstić information content (AvgIpc) is 3.04. The van der Waals surface area contributed by atoms with Gasteiger partial charge in [-0.3, -0.25) is 9.59 Å². The van der Waals surface area contributed by atoms with Crippen molar-refractivity contribution in [3.8, 4) is 5.75 Å². The second-order valence-corrected chi connectivity index (χ2v) is 7.05. The zero-order valence-corrected chi connectivity index (χ0v) is 15.0. The molecule has 0 radical (unpaired) electrons. The Morgan fingerprint density at radius 2 is 1.85 bits per heavy atom. The summed E-state index contributed by atoms with van der Waals surface area (Å²) in [5.74, 6) is 0.658. The van der Waals surface area contributed by atoms with Crippen molar-refractivity contribution in [3.05, 3.63) is 64.2 Å². The van der Waals surface area contributed by atoms with Gasteiger partial charge in [0.1, 0.15) is 11.9 Å². The van der Waals surface area contributed by atoms with E-state index in [9.17, 15) is 9.59 Å². The van der Waals surface area contributed by atoms with Crippen LogP contribution < -0.4 is 10.1 Å². The number of halogens is 1. The molecule has 1 saturated heterocycles. The topological polar surface area (TPSA) is 58.6 Å².